The van der Waals surface area contributed by atoms with Gasteiger partial charge in [-0.25, -0.2) is 4.98 Å². The number of hydrogen-bond acceptors (Lipinski definition) is 5. The highest BCUT2D eigenvalue weighted by Gasteiger charge is 2.25. The molecule has 7 nitrogen and oxygen atoms in total. The van der Waals surface area contributed by atoms with E-state index in [1.807, 2.05) is 36.4 Å². The highest BCUT2D eigenvalue weighted by atomic mass is 16.3. The maximum atomic E-state index is 7.04. The van der Waals surface area contributed by atoms with Crippen LogP contribution in [-0.2, 0) is 0 Å². The van der Waals surface area contributed by atoms with E-state index < -0.39 is 0 Å². The summed E-state index contributed by atoms with van der Waals surface area (Å²) in [4.78, 5) is 16.1. The molecule has 15 aromatic rings. The van der Waals surface area contributed by atoms with Crippen LogP contribution in [0.1, 0.15) is 0 Å². The predicted molar refractivity (Wildman–Crippen MR) is 269 cm³/mol. The number of hydrogen-bond donors (Lipinski definition) is 0. The van der Waals surface area contributed by atoms with E-state index in [4.69, 9.17) is 23.8 Å². The molecular formula is C59H33N5O2. The normalized spacial score (nSPS) is 12.2. The van der Waals surface area contributed by atoms with E-state index in [1.165, 1.54) is 32.3 Å². The highest BCUT2D eigenvalue weighted by Crippen LogP contribution is 2.45. The van der Waals surface area contributed by atoms with E-state index in [2.05, 4.69) is 173 Å². The van der Waals surface area contributed by atoms with E-state index in [9.17, 15) is 0 Å². The second kappa shape index (κ2) is 13.2. The van der Waals surface area contributed by atoms with Crippen molar-refractivity contribution in [3.05, 3.63) is 200 Å². The molecular weight excluding hydrogens is 811 g/mol. The maximum absolute atomic E-state index is 7.04. The van der Waals surface area contributed by atoms with Crippen LogP contribution < -0.4 is 0 Å². The molecule has 0 saturated heterocycles. The fourth-order valence-corrected chi connectivity index (χ4v) is 10.6. The third kappa shape index (κ3) is 4.93. The Balaban J connectivity index is 1.04. The molecule has 0 fully saturated rings. The Labute approximate surface area is 375 Å². The van der Waals surface area contributed by atoms with E-state index >= 15 is 0 Å². The van der Waals surface area contributed by atoms with Crippen molar-refractivity contribution in [1.29, 1.82) is 0 Å². The van der Waals surface area contributed by atoms with Crippen LogP contribution in [0.2, 0.25) is 0 Å². The first-order chi connectivity index (χ1) is 32.7. The molecule has 5 aromatic heterocycles. The lowest BCUT2D eigenvalue weighted by atomic mass is 10.0. The first-order valence-electron chi connectivity index (χ1n) is 22.2. The fourth-order valence-electron chi connectivity index (χ4n) is 10.6. The molecule has 0 aliphatic carbocycles. The van der Waals surface area contributed by atoms with Crippen molar-refractivity contribution in [1.82, 2.24) is 24.1 Å². The largest absolute Gasteiger partial charge is 0.456 e. The summed E-state index contributed by atoms with van der Waals surface area (Å²) in [6, 6.07) is 70.2. The zero-order chi connectivity index (χ0) is 43.0. The average molecular weight is 844 g/mol. The van der Waals surface area contributed by atoms with Crippen LogP contribution in [0, 0.1) is 0 Å². The zero-order valence-corrected chi connectivity index (χ0v) is 35.1. The molecule has 5 heterocycles. The molecule has 0 unspecified atom stereocenters. The summed E-state index contributed by atoms with van der Waals surface area (Å²) in [5.74, 6) is 1.58. The number of rotatable bonds is 4. The van der Waals surface area contributed by atoms with Gasteiger partial charge in [-0.05, 0) is 88.3 Å². The number of furan rings is 2. The van der Waals surface area contributed by atoms with Gasteiger partial charge in [0.25, 0.3) is 0 Å². The Kier molecular flexibility index (Phi) is 7.10. The molecule has 15 rings (SSSR count). The number of benzene rings is 10. The Morgan fingerprint density at radius 1 is 0.333 bits per heavy atom. The van der Waals surface area contributed by atoms with Crippen molar-refractivity contribution >= 4 is 109 Å². The second-order valence-electron chi connectivity index (χ2n) is 17.1. The lowest BCUT2D eigenvalue weighted by Crippen LogP contribution is -2.06. The summed E-state index contributed by atoms with van der Waals surface area (Å²) >= 11 is 0. The molecule has 0 radical (unpaired) electrons. The van der Waals surface area contributed by atoms with Crippen molar-refractivity contribution < 1.29 is 8.83 Å². The van der Waals surface area contributed by atoms with E-state index in [-0.39, 0.29) is 0 Å². The van der Waals surface area contributed by atoms with Crippen LogP contribution >= 0.6 is 0 Å². The second-order valence-corrected chi connectivity index (χ2v) is 17.1. The first-order valence-corrected chi connectivity index (χ1v) is 22.2. The van der Waals surface area contributed by atoms with Gasteiger partial charge in [0.05, 0.1) is 27.8 Å². The summed E-state index contributed by atoms with van der Waals surface area (Å²) in [6.45, 7) is 0. The van der Waals surface area contributed by atoms with Crippen LogP contribution in [0.25, 0.3) is 143 Å². The number of aromatic nitrogens is 5. The van der Waals surface area contributed by atoms with Crippen molar-refractivity contribution in [2.24, 2.45) is 0 Å². The minimum atomic E-state index is 0.517. The van der Waals surface area contributed by atoms with Crippen molar-refractivity contribution in [2.75, 3.05) is 0 Å². The van der Waals surface area contributed by atoms with Gasteiger partial charge in [0.2, 0.25) is 5.95 Å². The van der Waals surface area contributed by atoms with Gasteiger partial charge in [-0.15, -0.1) is 0 Å². The molecule has 0 aliphatic rings. The molecule has 66 heavy (non-hydrogen) atoms. The van der Waals surface area contributed by atoms with Gasteiger partial charge in [-0.3, -0.25) is 4.57 Å². The van der Waals surface area contributed by atoms with Gasteiger partial charge in [-0.1, -0.05) is 133 Å². The van der Waals surface area contributed by atoms with E-state index in [0.29, 0.717) is 17.6 Å². The Bertz CT molecular complexity index is 4500. The topological polar surface area (TPSA) is 74.8 Å². The summed E-state index contributed by atoms with van der Waals surface area (Å²) in [5, 5.41) is 13.4. The van der Waals surface area contributed by atoms with Crippen LogP contribution in [0.15, 0.2) is 209 Å². The summed E-state index contributed by atoms with van der Waals surface area (Å²) < 4.78 is 18.0. The maximum Gasteiger partial charge on any atom is 0.238 e. The Morgan fingerprint density at radius 3 is 1.74 bits per heavy atom. The molecule has 7 heteroatoms. The van der Waals surface area contributed by atoms with Crippen molar-refractivity contribution in [2.45, 2.75) is 0 Å². The molecule has 0 saturated carbocycles. The quantitative estimate of drug-likeness (QED) is 0.176. The minimum Gasteiger partial charge on any atom is -0.456 e. The lowest BCUT2D eigenvalue weighted by Gasteiger charge is -2.13. The van der Waals surface area contributed by atoms with E-state index in [1.54, 1.807) is 0 Å². The SMILES string of the molecule is c1ccc2cc3c(cc2c1)c1c2ccccc2ccc1n3-c1ccc(-c2nc(-c3ccc4c(c3)oc3ccccc34)nc(-n3c4ccccc4c4ccccc43)n2)c2c1oc1ccccc12. The summed E-state index contributed by atoms with van der Waals surface area (Å²) in [6.07, 6.45) is 0. The monoisotopic (exact) mass is 843 g/mol. The third-order valence-corrected chi connectivity index (χ3v) is 13.5. The number of nitrogens with zero attached hydrogens (tertiary/aromatic N) is 5. The van der Waals surface area contributed by atoms with Crippen molar-refractivity contribution in [3.63, 3.8) is 0 Å². The molecule has 10 aromatic carbocycles. The number of para-hydroxylation sites is 4. The highest BCUT2D eigenvalue weighted by molar-refractivity contribution is 6.24. The minimum absolute atomic E-state index is 0.517. The third-order valence-electron chi connectivity index (χ3n) is 13.5. The fraction of sp³-hybridized carbons (Fsp3) is 0. The lowest BCUT2D eigenvalue weighted by molar-refractivity contribution is 0.666. The van der Waals surface area contributed by atoms with Crippen LogP contribution in [-0.4, -0.2) is 24.1 Å². The molecule has 0 bridgehead atoms. The number of fused-ring (bicyclic) bond motifs is 15. The van der Waals surface area contributed by atoms with Crippen LogP contribution in [0.3, 0.4) is 0 Å². The molecule has 0 atom stereocenters. The van der Waals surface area contributed by atoms with Crippen LogP contribution in [0.4, 0.5) is 0 Å². The van der Waals surface area contributed by atoms with Crippen molar-refractivity contribution in [3.8, 4) is 34.4 Å². The summed E-state index contributed by atoms with van der Waals surface area (Å²) in [5.41, 5.74) is 9.96. The Hall–Kier alpha value is -9.07. The van der Waals surface area contributed by atoms with E-state index in [0.717, 1.165) is 93.5 Å². The molecule has 0 amide bonds. The molecule has 306 valence electrons. The van der Waals surface area contributed by atoms with Gasteiger partial charge in [0.15, 0.2) is 17.2 Å². The van der Waals surface area contributed by atoms with Gasteiger partial charge in [0, 0.05) is 54.2 Å². The Morgan fingerprint density at radius 2 is 0.955 bits per heavy atom. The van der Waals surface area contributed by atoms with Gasteiger partial charge >= 0.3 is 0 Å². The van der Waals surface area contributed by atoms with Gasteiger partial charge in [0.1, 0.15) is 16.7 Å². The smallest absolute Gasteiger partial charge is 0.238 e. The van der Waals surface area contributed by atoms with Crippen LogP contribution in [0.5, 0.6) is 0 Å². The standard InChI is InChI=1S/C59H33N5O2/c1-2-15-36-32-50-45(31-35(36)14-1)54-38-16-4-3-13-34(38)26-29-48(54)63(50)49-30-28-44(55-43-20-8-12-24-52(43)66-56(49)55)58-60-57(37-25-27-42-41-19-7-11-23-51(41)65-53(42)33-37)61-59(62-58)64-46-21-9-5-17-39(46)40-18-6-10-22-47(40)64/h1-33H. The van der Waals surface area contributed by atoms with Gasteiger partial charge in [-0.2, -0.15) is 9.97 Å². The molecule has 0 aliphatic heterocycles. The molecule has 0 N–H and O–H groups in total. The summed E-state index contributed by atoms with van der Waals surface area (Å²) in [7, 11) is 0. The van der Waals surface area contributed by atoms with Gasteiger partial charge < -0.3 is 13.4 Å². The zero-order valence-electron chi connectivity index (χ0n) is 35.1. The first kappa shape index (κ1) is 35.4. The average Bonchev–Trinajstić information content (AvgIpc) is 4.13. The predicted octanol–water partition coefficient (Wildman–Crippen LogP) is 15.5. The molecule has 0 spiro atoms.